The Balaban J connectivity index is 2.15. The normalized spacial score (nSPS) is 10.5. The molecule has 0 saturated carbocycles. The molecular formula is C16H12N2O2S. The first-order chi connectivity index (χ1) is 10.3. The van der Waals surface area contributed by atoms with Crippen LogP contribution in [-0.2, 0) is 0 Å². The Bertz CT molecular complexity index is 752. The number of hydrogen-bond donors (Lipinski definition) is 1. The van der Waals surface area contributed by atoms with Gasteiger partial charge >= 0.3 is 0 Å². The summed E-state index contributed by atoms with van der Waals surface area (Å²) in [6.07, 6.45) is 0.681. The van der Waals surface area contributed by atoms with E-state index in [-0.39, 0.29) is 5.76 Å². The van der Waals surface area contributed by atoms with Crippen LogP contribution in [-0.4, -0.2) is 11.4 Å². The SMILES string of the molecule is NSc1ccc(-c2c(-c3ccccc3)noc2C=O)cc1. The molecule has 0 unspecified atom stereocenters. The van der Waals surface area contributed by atoms with Crippen molar-refractivity contribution in [3.63, 3.8) is 0 Å². The highest BCUT2D eigenvalue weighted by Crippen LogP contribution is 2.34. The number of rotatable bonds is 4. The van der Waals surface area contributed by atoms with Crippen molar-refractivity contribution in [3.05, 3.63) is 60.4 Å². The average Bonchev–Trinajstić information content (AvgIpc) is 2.99. The van der Waals surface area contributed by atoms with Crippen molar-refractivity contribution >= 4 is 18.2 Å². The number of nitrogens with zero attached hydrogens (tertiary/aromatic N) is 1. The highest BCUT2D eigenvalue weighted by molar-refractivity contribution is 7.97. The molecule has 0 bridgehead atoms. The number of aromatic nitrogens is 1. The third-order valence-electron chi connectivity index (χ3n) is 3.15. The first-order valence-electron chi connectivity index (χ1n) is 6.31. The summed E-state index contributed by atoms with van der Waals surface area (Å²) in [4.78, 5) is 12.2. The van der Waals surface area contributed by atoms with Gasteiger partial charge in [0.05, 0.1) is 5.56 Å². The molecular weight excluding hydrogens is 284 g/mol. The summed E-state index contributed by atoms with van der Waals surface area (Å²) in [5.74, 6) is 0.224. The topological polar surface area (TPSA) is 69.1 Å². The Morgan fingerprint density at radius 1 is 1.00 bits per heavy atom. The smallest absolute Gasteiger partial charge is 0.207 e. The number of nitrogens with two attached hydrogens (primary N) is 1. The van der Waals surface area contributed by atoms with Crippen LogP contribution >= 0.6 is 11.9 Å². The van der Waals surface area contributed by atoms with Crippen molar-refractivity contribution in [2.45, 2.75) is 4.90 Å². The van der Waals surface area contributed by atoms with Crippen LogP contribution in [0.15, 0.2) is 64.0 Å². The fraction of sp³-hybridized carbons (Fsp3) is 0. The summed E-state index contributed by atoms with van der Waals surface area (Å²) in [5, 5.41) is 9.57. The van der Waals surface area contributed by atoms with Gasteiger partial charge in [0.2, 0.25) is 5.76 Å². The standard InChI is InChI=1S/C16H12N2O2S/c17-21-13-8-6-11(7-9-13)15-14(10-19)20-18-16(15)12-4-2-1-3-5-12/h1-10H,17H2. The molecule has 0 atom stereocenters. The molecule has 0 aliphatic carbocycles. The van der Waals surface area contributed by atoms with E-state index in [4.69, 9.17) is 9.66 Å². The monoisotopic (exact) mass is 296 g/mol. The van der Waals surface area contributed by atoms with Gasteiger partial charge in [-0.3, -0.25) is 9.93 Å². The number of carbonyl (C=O) groups is 1. The summed E-state index contributed by atoms with van der Waals surface area (Å²) in [6, 6.07) is 17.2. The van der Waals surface area contributed by atoms with E-state index in [0.717, 1.165) is 16.0 Å². The first kappa shape index (κ1) is 13.6. The predicted molar refractivity (Wildman–Crippen MR) is 82.8 cm³/mol. The molecule has 0 saturated heterocycles. The second-order valence-electron chi connectivity index (χ2n) is 4.40. The fourth-order valence-electron chi connectivity index (χ4n) is 2.16. The molecule has 104 valence electrons. The second kappa shape index (κ2) is 5.95. The number of hydrogen-bond acceptors (Lipinski definition) is 5. The van der Waals surface area contributed by atoms with Crippen molar-refractivity contribution in [3.8, 4) is 22.4 Å². The van der Waals surface area contributed by atoms with Crippen LogP contribution < -0.4 is 5.14 Å². The van der Waals surface area contributed by atoms with E-state index in [0.29, 0.717) is 17.5 Å². The minimum atomic E-state index is 0.224. The molecule has 0 radical (unpaired) electrons. The van der Waals surface area contributed by atoms with E-state index < -0.39 is 0 Å². The average molecular weight is 296 g/mol. The van der Waals surface area contributed by atoms with Crippen molar-refractivity contribution in [1.82, 2.24) is 5.16 Å². The maximum absolute atomic E-state index is 11.2. The molecule has 2 N–H and O–H groups in total. The molecule has 1 heterocycles. The van der Waals surface area contributed by atoms with Crippen molar-refractivity contribution in [2.24, 2.45) is 5.14 Å². The molecule has 0 fully saturated rings. The van der Waals surface area contributed by atoms with Crippen molar-refractivity contribution < 1.29 is 9.32 Å². The van der Waals surface area contributed by atoms with E-state index in [1.54, 1.807) is 0 Å². The summed E-state index contributed by atoms with van der Waals surface area (Å²) in [6.45, 7) is 0. The van der Waals surface area contributed by atoms with Crippen LogP contribution in [0.25, 0.3) is 22.4 Å². The largest absolute Gasteiger partial charge is 0.352 e. The zero-order valence-electron chi connectivity index (χ0n) is 11.0. The maximum atomic E-state index is 11.2. The summed E-state index contributed by atoms with van der Waals surface area (Å²) >= 11 is 1.18. The molecule has 0 aliphatic rings. The lowest BCUT2D eigenvalue weighted by molar-refractivity contribution is 0.109. The Labute approximate surface area is 126 Å². The molecule has 0 aliphatic heterocycles. The van der Waals surface area contributed by atoms with Gasteiger partial charge in [-0.2, -0.15) is 0 Å². The predicted octanol–water partition coefficient (Wildman–Crippen LogP) is 3.79. The van der Waals surface area contributed by atoms with Crippen LogP contribution in [0.5, 0.6) is 0 Å². The molecule has 0 spiro atoms. The Hall–Kier alpha value is -2.37. The van der Waals surface area contributed by atoms with Crippen LogP contribution in [0, 0.1) is 0 Å². The summed E-state index contributed by atoms with van der Waals surface area (Å²) < 4.78 is 5.16. The number of benzene rings is 2. The highest BCUT2D eigenvalue weighted by atomic mass is 32.2. The summed E-state index contributed by atoms with van der Waals surface area (Å²) in [7, 11) is 0. The van der Waals surface area contributed by atoms with Gasteiger partial charge in [0.1, 0.15) is 5.69 Å². The first-order valence-corrected chi connectivity index (χ1v) is 7.19. The van der Waals surface area contributed by atoms with Gasteiger partial charge in [0.15, 0.2) is 6.29 Å². The van der Waals surface area contributed by atoms with E-state index >= 15 is 0 Å². The van der Waals surface area contributed by atoms with E-state index in [2.05, 4.69) is 5.16 Å². The Morgan fingerprint density at radius 3 is 2.33 bits per heavy atom. The second-order valence-corrected chi connectivity index (χ2v) is 5.10. The van der Waals surface area contributed by atoms with Crippen molar-refractivity contribution in [1.29, 1.82) is 0 Å². The quantitative estimate of drug-likeness (QED) is 0.586. The molecule has 5 heteroatoms. The molecule has 3 aromatic rings. The number of carbonyl (C=O) groups excluding carboxylic acids is 1. The van der Waals surface area contributed by atoms with Gasteiger partial charge < -0.3 is 4.52 Å². The van der Waals surface area contributed by atoms with Crippen LogP contribution in [0.2, 0.25) is 0 Å². The molecule has 2 aromatic carbocycles. The van der Waals surface area contributed by atoms with Gasteiger partial charge in [-0.05, 0) is 29.6 Å². The van der Waals surface area contributed by atoms with Crippen LogP contribution in [0.3, 0.4) is 0 Å². The molecule has 0 amide bonds. The van der Waals surface area contributed by atoms with Gasteiger partial charge in [-0.1, -0.05) is 47.6 Å². The van der Waals surface area contributed by atoms with E-state index in [1.807, 2.05) is 54.6 Å². The van der Waals surface area contributed by atoms with Gasteiger partial charge in [0.25, 0.3) is 0 Å². The zero-order chi connectivity index (χ0) is 14.7. The number of aldehydes is 1. The molecule has 3 rings (SSSR count). The molecule has 21 heavy (non-hydrogen) atoms. The van der Waals surface area contributed by atoms with Crippen LogP contribution in [0.1, 0.15) is 10.6 Å². The van der Waals surface area contributed by atoms with Gasteiger partial charge in [-0.15, -0.1) is 0 Å². The van der Waals surface area contributed by atoms with Crippen LogP contribution in [0.4, 0.5) is 0 Å². The minimum absolute atomic E-state index is 0.224. The van der Waals surface area contributed by atoms with Gasteiger partial charge in [0, 0.05) is 10.5 Å². The fourth-order valence-corrected chi connectivity index (χ4v) is 2.45. The lowest BCUT2D eigenvalue weighted by Crippen LogP contribution is -1.87. The third-order valence-corrected chi connectivity index (χ3v) is 3.70. The van der Waals surface area contributed by atoms with Crippen molar-refractivity contribution in [2.75, 3.05) is 0 Å². The lowest BCUT2D eigenvalue weighted by Gasteiger charge is -2.03. The maximum Gasteiger partial charge on any atom is 0.207 e. The third kappa shape index (κ3) is 2.61. The lowest BCUT2D eigenvalue weighted by atomic mass is 9.99. The molecule has 4 nitrogen and oxygen atoms in total. The highest BCUT2D eigenvalue weighted by Gasteiger charge is 2.18. The Morgan fingerprint density at radius 2 is 1.71 bits per heavy atom. The molecule has 1 aromatic heterocycles. The van der Waals surface area contributed by atoms with E-state index in [1.165, 1.54) is 11.9 Å². The zero-order valence-corrected chi connectivity index (χ0v) is 11.8. The van der Waals surface area contributed by atoms with E-state index in [9.17, 15) is 4.79 Å². The summed E-state index contributed by atoms with van der Waals surface area (Å²) in [5.41, 5.74) is 3.13. The van der Waals surface area contributed by atoms with Gasteiger partial charge in [-0.25, -0.2) is 0 Å². The minimum Gasteiger partial charge on any atom is -0.352 e. The Kier molecular flexibility index (Phi) is 3.85.